The highest BCUT2D eigenvalue weighted by atomic mass is 19.1. The van der Waals surface area contributed by atoms with Crippen LogP contribution in [0.1, 0.15) is 32.8 Å². The molecule has 1 N–H and O–H groups in total. The van der Waals surface area contributed by atoms with Crippen molar-refractivity contribution in [2.24, 2.45) is 5.92 Å². The van der Waals surface area contributed by atoms with Gasteiger partial charge in [-0.3, -0.25) is 0 Å². The highest BCUT2D eigenvalue weighted by Crippen LogP contribution is 2.21. The minimum Gasteiger partial charge on any atom is -0.357 e. The Labute approximate surface area is 109 Å². The number of pyridine rings is 1. The third-order valence-corrected chi connectivity index (χ3v) is 3.08. The Kier molecular flexibility index (Phi) is 5.54. The summed E-state index contributed by atoms with van der Waals surface area (Å²) in [5.74, 6) is 1.21. The second-order valence-corrected chi connectivity index (χ2v) is 5.26. The van der Waals surface area contributed by atoms with Gasteiger partial charge in [0.05, 0.1) is 6.20 Å². The van der Waals surface area contributed by atoms with E-state index < -0.39 is 0 Å². The summed E-state index contributed by atoms with van der Waals surface area (Å²) in [4.78, 5) is 6.37. The van der Waals surface area contributed by atoms with Gasteiger partial charge in [0.2, 0.25) is 0 Å². The molecule has 0 aromatic carbocycles. The van der Waals surface area contributed by atoms with Crippen LogP contribution in [0.15, 0.2) is 12.3 Å². The van der Waals surface area contributed by atoms with Gasteiger partial charge < -0.3 is 10.2 Å². The summed E-state index contributed by atoms with van der Waals surface area (Å²) in [7, 11) is 3.87. The van der Waals surface area contributed by atoms with Crippen LogP contribution in [0.2, 0.25) is 0 Å². The zero-order valence-corrected chi connectivity index (χ0v) is 12.0. The molecule has 0 aliphatic heterocycles. The maximum atomic E-state index is 13.2. The monoisotopic (exact) mass is 253 g/mol. The first-order chi connectivity index (χ1) is 8.45. The SMILES string of the molecule is CNCc1cc(F)cnc1N(C)C(C)CC(C)C. The molecular weight excluding hydrogens is 229 g/mol. The molecule has 4 heteroatoms. The predicted octanol–water partition coefficient (Wildman–Crippen LogP) is 2.81. The average Bonchev–Trinajstić information content (AvgIpc) is 2.28. The molecule has 18 heavy (non-hydrogen) atoms. The minimum absolute atomic E-state index is 0.283. The minimum atomic E-state index is -0.283. The lowest BCUT2D eigenvalue weighted by Gasteiger charge is -2.29. The number of hydrogen-bond acceptors (Lipinski definition) is 3. The quantitative estimate of drug-likeness (QED) is 0.845. The van der Waals surface area contributed by atoms with Gasteiger partial charge in [0.1, 0.15) is 11.6 Å². The molecule has 0 aliphatic rings. The van der Waals surface area contributed by atoms with Gasteiger partial charge in [-0.1, -0.05) is 13.8 Å². The van der Waals surface area contributed by atoms with Crippen molar-refractivity contribution in [3.05, 3.63) is 23.6 Å². The lowest BCUT2D eigenvalue weighted by atomic mass is 10.0. The second-order valence-electron chi connectivity index (χ2n) is 5.26. The molecule has 0 saturated heterocycles. The molecule has 0 bridgehead atoms. The van der Waals surface area contributed by atoms with E-state index in [-0.39, 0.29) is 5.82 Å². The van der Waals surface area contributed by atoms with E-state index >= 15 is 0 Å². The summed E-state index contributed by atoms with van der Waals surface area (Å²) in [6.45, 7) is 7.21. The summed E-state index contributed by atoms with van der Waals surface area (Å²) < 4.78 is 13.2. The molecule has 3 nitrogen and oxygen atoms in total. The zero-order valence-electron chi connectivity index (χ0n) is 12.0. The average molecular weight is 253 g/mol. The van der Waals surface area contributed by atoms with E-state index in [4.69, 9.17) is 0 Å². The molecule has 1 heterocycles. The fourth-order valence-corrected chi connectivity index (χ4v) is 2.16. The number of anilines is 1. The van der Waals surface area contributed by atoms with Crippen molar-refractivity contribution in [2.45, 2.75) is 39.8 Å². The molecule has 102 valence electrons. The molecule has 1 unspecified atom stereocenters. The van der Waals surface area contributed by atoms with E-state index in [9.17, 15) is 4.39 Å². The van der Waals surface area contributed by atoms with Crippen molar-refractivity contribution in [3.8, 4) is 0 Å². The third-order valence-electron chi connectivity index (χ3n) is 3.08. The van der Waals surface area contributed by atoms with Crippen LogP contribution in [0.3, 0.4) is 0 Å². The Morgan fingerprint density at radius 1 is 1.39 bits per heavy atom. The maximum Gasteiger partial charge on any atom is 0.141 e. The Hall–Kier alpha value is -1.16. The largest absolute Gasteiger partial charge is 0.357 e. The van der Waals surface area contributed by atoms with Gasteiger partial charge in [-0.15, -0.1) is 0 Å². The lowest BCUT2D eigenvalue weighted by Crippen LogP contribution is -2.32. The van der Waals surface area contributed by atoms with Crippen molar-refractivity contribution in [3.63, 3.8) is 0 Å². The first-order valence-corrected chi connectivity index (χ1v) is 6.47. The molecular formula is C14H24FN3. The van der Waals surface area contributed by atoms with E-state index in [1.165, 1.54) is 6.20 Å². The van der Waals surface area contributed by atoms with E-state index in [2.05, 4.69) is 36.0 Å². The third kappa shape index (κ3) is 3.95. The summed E-state index contributed by atoms with van der Waals surface area (Å²) in [5, 5.41) is 3.05. The van der Waals surface area contributed by atoms with Crippen molar-refractivity contribution in [1.29, 1.82) is 0 Å². The van der Waals surface area contributed by atoms with Crippen molar-refractivity contribution in [1.82, 2.24) is 10.3 Å². The predicted molar refractivity (Wildman–Crippen MR) is 74.3 cm³/mol. The summed E-state index contributed by atoms with van der Waals surface area (Å²) in [5.41, 5.74) is 0.899. The van der Waals surface area contributed by atoms with Crippen LogP contribution >= 0.6 is 0 Å². The van der Waals surface area contributed by atoms with Crippen LogP contribution in [0, 0.1) is 11.7 Å². The smallest absolute Gasteiger partial charge is 0.141 e. The number of nitrogens with one attached hydrogen (secondary N) is 1. The van der Waals surface area contributed by atoms with Gasteiger partial charge in [-0.2, -0.15) is 0 Å². The number of hydrogen-bond donors (Lipinski definition) is 1. The molecule has 1 aromatic heterocycles. The molecule has 0 spiro atoms. The van der Waals surface area contributed by atoms with Gasteiger partial charge in [-0.25, -0.2) is 9.37 Å². The molecule has 0 aliphatic carbocycles. The highest BCUT2D eigenvalue weighted by Gasteiger charge is 2.16. The number of aromatic nitrogens is 1. The van der Waals surface area contributed by atoms with Crippen LogP contribution in [0.5, 0.6) is 0 Å². The summed E-state index contributed by atoms with van der Waals surface area (Å²) >= 11 is 0. The Bertz CT molecular complexity index is 379. The normalized spacial score (nSPS) is 12.8. The number of halogens is 1. The van der Waals surface area contributed by atoms with E-state index in [0.717, 1.165) is 17.8 Å². The zero-order chi connectivity index (χ0) is 13.7. The summed E-state index contributed by atoms with van der Waals surface area (Å²) in [6.07, 6.45) is 2.38. The second kappa shape index (κ2) is 6.69. The Morgan fingerprint density at radius 2 is 2.06 bits per heavy atom. The van der Waals surface area contributed by atoms with Crippen LogP contribution in [-0.4, -0.2) is 25.1 Å². The van der Waals surface area contributed by atoms with Crippen LogP contribution in [-0.2, 0) is 6.54 Å². The van der Waals surface area contributed by atoms with Crippen LogP contribution in [0.25, 0.3) is 0 Å². The number of rotatable bonds is 6. The Morgan fingerprint density at radius 3 is 2.61 bits per heavy atom. The van der Waals surface area contributed by atoms with E-state index in [1.807, 2.05) is 14.1 Å². The maximum absolute atomic E-state index is 13.2. The van der Waals surface area contributed by atoms with Gasteiger partial charge in [-0.05, 0) is 32.4 Å². The molecule has 0 radical (unpaired) electrons. The molecule has 0 saturated carbocycles. The highest BCUT2D eigenvalue weighted by molar-refractivity contribution is 5.47. The molecule has 1 aromatic rings. The molecule has 1 atom stereocenters. The molecule has 0 fully saturated rings. The first-order valence-electron chi connectivity index (χ1n) is 6.47. The number of nitrogens with zero attached hydrogens (tertiary/aromatic N) is 2. The van der Waals surface area contributed by atoms with Gasteiger partial charge in [0, 0.05) is 25.2 Å². The van der Waals surface area contributed by atoms with Gasteiger partial charge >= 0.3 is 0 Å². The first kappa shape index (κ1) is 14.9. The molecule has 1 rings (SSSR count). The summed E-state index contributed by atoms with van der Waals surface area (Å²) in [6, 6.07) is 1.94. The van der Waals surface area contributed by atoms with E-state index in [0.29, 0.717) is 18.5 Å². The van der Waals surface area contributed by atoms with Crippen LogP contribution < -0.4 is 10.2 Å². The van der Waals surface area contributed by atoms with Crippen molar-refractivity contribution < 1.29 is 4.39 Å². The lowest BCUT2D eigenvalue weighted by molar-refractivity contribution is 0.500. The van der Waals surface area contributed by atoms with Gasteiger partial charge in [0.15, 0.2) is 0 Å². The molecule has 0 amide bonds. The van der Waals surface area contributed by atoms with E-state index in [1.54, 1.807) is 6.07 Å². The standard InChI is InChI=1S/C14H24FN3/c1-10(2)6-11(3)18(5)14-12(8-16-4)7-13(15)9-17-14/h7,9-11,16H,6,8H2,1-5H3. The van der Waals surface area contributed by atoms with Crippen molar-refractivity contribution in [2.75, 3.05) is 19.0 Å². The fraction of sp³-hybridized carbons (Fsp3) is 0.643. The van der Waals surface area contributed by atoms with Crippen LogP contribution in [0.4, 0.5) is 10.2 Å². The topological polar surface area (TPSA) is 28.2 Å². The van der Waals surface area contributed by atoms with Gasteiger partial charge in [0.25, 0.3) is 0 Å². The Balaban J connectivity index is 2.93. The fourth-order valence-electron chi connectivity index (χ4n) is 2.16. The van der Waals surface area contributed by atoms with Crippen molar-refractivity contribution >= 4 is 5.82 Å².